The number of hydrogen-bond donors (Lipinski definition) is 0. The second kappa shape index (κ2) is 4.40. The Morgan fingerprint density at radius 3 is 2.62 bits per heavy atom. The summed E-state index contributed by atoms with van der Waals surface area (Å²) in [5, 5.41) is 8.93. The van der Waals surface area contributed by atoms with Crippen molar-refractivity contribution in [1.29, 1.82) is 5.26 Å². The lowest BCUT2D eigenvalue weighted by atomic mass is 10.1. The van der Waals surface area contributed by atoms with Crippen LogP contribution in [0.15, 0.2) is 28.7 Å². The predicted molar refractivity (Wildman–Crippen MR) is 56.2 cm³/mol. The lowest BCUT2D eigenvalue weighted by molar-refractivity contribution is 0.358. The zero-order valence-corrected chi connectivity index (χ0v) is 9.25. The first-order valence-corrected chi connectivity index (χ1v) is 4.76. The molecule has 2 nitrogen and oxygen atoms in total. The van der Waals surface area contributed by atoms with Crippen molar-refractivity contribution in [2.24, 2.45) is 0 Å². The molecule has 1 aromatic rings. The van der Waals surface area contributed by atoms with Gasteiger partial charge in [0.25, 0.3) is 0 Å². The number of halogens is 1. The second-order valence-corrected chi connectivity index (χ2v) is 3.97. The molecule has 1 rings (SSSR count). The maximum atomic E-state index is 8.93. The molecule has 0 aliphatic rings. The molecular weight excluding hydrogens is 228 g/mol. The highest BCUT2D eigenvalue weighted by Gasteiger charge is 2.12. The summed E-state index contributed by atoms with van der Waals surface area (Å²) in [7, 11) is 3.80. The Morgan fingerprint density at radius 2 is 2.15 bits per heavy atom. The summed E-state index contributed by atoms with van der Waals surface area (Å²) in [4.78, 5) is 1.89. The number of rotatable bonds is 2. The Morgan fingerprint density at radius 1 is 1.46 bits per heavy atom. The number of nitriles is 1. The maximum Gasteiger partial charge on any atom is 0.123 e. The first kappa shape index (κ1) is 10.2. The quantitative estimate of drug-likeness (QED) is 0.793. The average Bonchev–Trinajstić information content (AvgIpc) is 2.04. The largest absolute Gasteiger partial charge is 0.291 e. The molecule has 0 spiro atoms. The van der Waals surface area contributed by atoms with Gasteiger partial charge in [-0.1, -0.05) is 28.1 Å². The molecule has 0 radical (unpaired) electrons. The summed E-state index contributed by atoms with van der Waals surface area (Å²) >= 11 is 3.38. The molecule has 1 atom stereocenters. The summed E-state index contributed by atoms with van der Waals surface area (Å²) < 4.78 is 1.01. The number of benzene rings is 1. The van der Waals surface area contributed by atoms with E-state index in [4.69, 9.17) is 5.26 Å². The smallest absolute Gasteiger partial charge is 0.123 e. The molecule has 0 aliphatic carbocycles. The van der Waals surface area contributed by atoms with E-state index in [1.54, 1.807) is 0 Å². The van der Waals surface area contributed by atoms with E-state index < -0.39 is 0 Å². The van der Waals surface area contributed by atoms with Crippen LogP contribution in [0, 0.1) is 11.3 Å². The van der Waals surface area contributed by atoms with Gasteiger partial charge in [-0.2, -0.15) is 5.26 Å². The molecule has 0 bridgehead atoms. The topological polar surface area (TPSA) is 27.0 Å². The van der Waals surface area contributed by atoms with E-state index in [1.165, 1.54) is 0 Å². The molecule has 0 aliphatic heterocycles. The fourth-order valence-electron chi connectivity index (χ4n) is 1.16. The SMILES string of the molecule is CN(C)C(C#N)c1cccc(Br)c1. The molecule has 1 aromatic carbocycles. The van der Waals surface area contributed by atoms with Crippen LogP contribution < -0.4 is 0 Å². The Kier molecular flexibility index (Phi) is 3.47. The fraction of sp³-hybridized carbons (Fsp3) is 0.300. The van der Waals surface area contributed by atoms with Crippen molar-refractivity contribution < 1.29 is 0 Å². The minimum absolute atomic E-state index is 0.169. The van der Waals surface area contributed by atoms with Gasteiger partial charge in [-0.15, -0.1) is 0 Å². The molecule has 68 valence electrons. The highest BCUT2D eigenvalue weighted by molar-refractivity contribution is 9.10. The minimum atomic E-state index is -0.169. The Bertz CT molecular complexity index is 328. The van der Waals surface area contributed by atoms with Gasteiger partial charge in [-0.3, -0.25) is 4.90 Å². The van der Waals surface area contributed by atoms with Gasteiger partial charge in [0, 0.05) is 4.47 Å². The lowest BCUT2D eigenvalue weighted by Gasteiger charge is -2.17. The molecule has 0 fully saturated rings. The third-order valence-corrected chi connectivity index (χ3v) is 2.30. The minimum Gasteiger partial charge on any atom is -0.291 e. The average molecular weight is 239 g/mol. The van der Waals surface area contributed by atoms with Gasteiger partial charge in [0.2, 0.25) is 0 Å². The van der Waals surface area contributed by atoms with Crippen LogP contribution in [-0.2, 0) is 0 Å². The Labute approximate surface area is 86.9 Å². The molecule has 0 saturated carbocycles. The molecular formula is C10H11BrN2. The molecule has 0 N–H and O–H groups in total. The molecule has 3 heteroatoms. The number of nitrogens with zero attached hydrogens (tertiary/aromatic N) is 2. The van der Waals surface area contributed by atoms with E-state index in [0.29, 0.717) is 0 Å². The molecule has 0 aromatic heterocycles. The maximum absolute atomic E-state index is 8.93. The van der Waals surface area contributed by atoms with Crippen LogP contribution in [0.1, 0.15) is 11.6 Å². The first-order chi connectivity index (χ1) is 6.15. The number of hydrogen-bond acceptors (Lipinski definition) is 2. The van der Waals surface area contributed by atoms with Gasteiger partial charge in [0.15, 0.2) is 0 Å². The van der Waals surface area contributed by atoms with E-state index in [2.05, 4.69) is 22.0 Å². The summed E-state index contributed by atoms with van der Waals surface area (Å²) in [6.07, 6.45) is 0. The summed E-state index contributed by atoms with van der Waals surface area (Å²) in [6, 6.07) is 9.89. The molecule has 1 unspecified atom stereocenters. The highest BCUT2D eigenvalue weighted by Crippen LogP contribution is 2.20. The third kappa shape index (κ3) is 2.55. The fourth-order valence-corrected chi connectivity index (χ4v) is 1.58. The van der Waals surface area contributed by atoms with E-state index in [9.17, 15) is 0 Å². The predicted octanol–water partition coefficient (Wildman–Crippen LogP) is 2.58. The Hall–Kier alpha value is -0.850. The lowest BCUT2D eigenvalue weighted by Crippen LogP contribution is -2.18. The van der Waals surface area contributed by atoms with Gasteiger partial charge >= 0.3 is 0 Å². The molecule has 0 amide bonds. The summed E-state index contributed by atoms with van der Waals surface area (Å²) in [6.45, 7) is 0. The normalized spacial score (nSPS) is 12.5. The van der Waals surface area contributed by atoms with Crippen molar-refractivity contribution >= 4 is 15.9 Å². The van der Waals surface area contributed by atoms with Crippen LogP contribution in [0.25, 0.3) is 0 Å². The van der Waals surface area contributed by atoms with Crippen LogP contribution in [0.3, 0.4) is 0 Å². The van der Waals surface area contributed by atoms with Crippen molar-refractivity contribution in [2.75, 3.05) is 14.1 Å². The zero-order valence-electron chi connectivity index (χ0n) is 7.66. The van der Waals surface area contributed by atoms with Crippen LogP contribution in [0.5, 0.6) is 0 Å². The van der Waals surface area contributed by atoms with E-state index in [-0.39, 0.29) is 6.04 Å². The van der Waals surface area contributed by atoms with Crippen molar-refractivity contribution in [3.63, 3.8) is 0 Å². The van der Waals surface area contributed by atoms with Gasteiger partial charge in [0.1, 0.15) is 6.04 Å². The van der Waals surface area contributed by atoms with E-state index >= 15 is 0 Å². The van der Waals surface area contributed by atoms with Crippen molar-refractivity contribution in [2.45, 2.75) is 6.04 Å². The third-order valence-electron chi connectivity index (χ3n) is 1.80. The first-order valence-electron chi connectivity index (χ1n) is 3.96. The van der Waals surface area contributed by atoms with E-state index in [1.807, 2.05) is 43.3 Å². The highest BCUT2D eigenvalue weighted by atomic mass is 79.9. The van der Waals surface area contributed by atoms with Gasteiger partial charge < -0.3 is 0 Å². The van der Waals surface area contributed by atoms with Crippen LogP contribution in [0.2, 0.25) is 0 Å². The summed E-state index contributed by atoms with van der Waals surface area (Å²) in [5.41, 5.74) is 1.02. The monoisotopic (exact) mass is 238 g/mol. The zero-order chi connectivity index (χ0) is 9.84. The van der Waals surface area contributed by atoms with Crippen molar-refractivity contribution in [1.82, 2.24) is 4.90 Å². The van der Waals surface area contributed by atoms with Crippen molar-refractivity contribution in [3.05, 3.63) is 34.3 Å². The Balaban J connectivity index is 3.00. The van der Waals surface area contributed by atoms with Crippen LogP contribution in [0.4, 0.5) is 0 Å². The molecule has 13 heavy (non-hydrogen) atoms. The van der Waals surface area contributed by atoms with Gasteiger partial charge in [-0.25, -0.2) is 0 Å². The van der Waals surface area contributed by atoms with Gasteiger partial charge in [-0.05, 0) is 31.8 Å². The van der Waals surface area contributed by atoms with E-state index in [0.717, 1.165) is 10.0 Å². The van der Waals surface area contributed by atoms with Crippen LogP contribution in [-0.4, -0.2) is 19.0 Å². The standard InChI is InChI=1S/C10H11BrN2/c1-13(2)10(7-12)8-4-3-5-9(11)6-8/h3-6,10H,1-2H3. The second-order valence-electron chi connectivity index (χ2n) is 3.05. The molecule has 0 heterocycles. The van der Waals surface area contributed by atoms with Crippen molar-refractivity contribution in [3.8, 4) is 6.07 Å². The molecule has 0 saturated heterocycles. The summed E-state index contributed by atoms with van der Waals surface area (Å²) in [5.74, 6) is 0. The van der Waals surface area contributed by atoms with Crippen LogP contribution >= 0.6 is 15.9 Å². The van der Waals surface area contributed by atoms with Gasteiger partial charge in [0.05, 0.1) is 6.07 Å².